The zero-order valence-electron chi connectivity index (χ0n) is 15.2. The molecule has 0 bridgehead atoms. The van der Waals surface area contributed by atoms with Gasteiger partial charge in [0.15, 0.2) is 6.61 Å². The van der Waals surface area contributed by atoms with Crippen molar-refractivity contribution >= 4 is 23.2 Å². The van der Waals surface area contributed by atoms with Gasteiger partial charge in [-0.15, -0.1) is 11.3 Å². The van der Waals surface area contributed by atoms with Gasteiger partial charge in [0.25, 0.3) is 5.91 Å². The Bertz CT molecular complexity index is 682. The van der Waals surface area contributed by atoms with E-state index in [9.17, 15) is 9.59 Å². The SMILES string of the molecule is CCCCCOc1ccc(C(=O)OCC(=O)N[C@H](C)c2cccs2)cc1. The molecule has 0 saturated carbocycles. The van der Waals surface area contributed by atoms with Crippen molar-refractivity contribution in [3.05, 3.63) is 52.2 Å². The molecule has 1 aromatic carbocycles. The summed E-state index contributed by atoms with van der Waals surface area (Å²) in [5.74, 6) is -0.128. The Kier molecular flexibility index (Phi) is 8.15. The van der Waals surface area contributed by atoms with Crippen LogP contribution < -0.4 is 10.1 Å². The molecular formula is C20H25NO4S. The minimum absolute atomic E-state index is 0.106. The first kappa shape index (κ1) is 20.0. The van der Waals surface area contributed by atoms with Crippen molar-refractivity contribution < 1.29 is 19.1 Å². The van der Waals surface area contributed by atoms with Crippen LogP contribution in [0.2, 0.25) is 0 Å². The van der Waals surface area contributed by atoms with E-state index in [-0.39, 0.29) is 18.6 Å². The molecule has 1 aromatic heterocycles. The number of rotatable bonds is 10. The maximum absolute atomic E-state index is 12.0. The second kappa shape index (κ2) is 10.6. The number of carbonyl (C=O) groups excluding carboxylic acids is 2. The fraction of sp³-hybridized carbons (Fsp3) is 0.400. The highest BCUT2D eigenvalue weighted by molar-refractivity contribution is 7.10. The first-order chi connectivity index (χ1) is 12.6. The van der Waals surface area contributed by atoms with Crippen LogP contribution in [-0.2, 0) is 9.53 Å². The van der Waals surface area contributed by atoms with Crippen LogP contribution in [0, 0.1) is 0 Å². The molecule has 1 amide bonds. The fourth-order valence-electron chi connectivity index (χ4n) is 2.34. The van der Waals surface area contributed by atoms with E-state index in [0.717, 1.165) is 29.9 Å². The lowest BCUT2D eigenvalue weighted by Gasteiger charge is -2.12. The van der Waals surface area contributed by atoms with Crippen LogP contribution in [0.1, 0.15) is 54.4 Å². The standard InChI is InChI=1S/C20H25NO4S/c1-3-4-5-12-24-17-10-8-16(9-11-17)20(23)25-14-19(22)21-15(2)18-7-6-13-26-18/h6-11,13,15H,3-5,12,14H2,1-2H3,(H,21,22)/t15-/m1/s1. The minimum Gasteiger partial charge on any atom is -0.494 e. The van der Waals surface area contributed by atoms with E-state index < -0.39 is 5.97 Å². The average molecular weight is 375 g/mol. The van der Waals surface area contributed by atoms with E-state index in [2.05, 4.69) is 12.2 Å². The van der Waals surface area contributed by atoms with Crippen LogP contribution in [0.15, 0.2) is 41.8 Å². The van der Waals surface area contributed by atoms with Crippen LogP contribution in [-0.4, -0.2) is 25.1 Å². The van der Waals surface area contributed by atoms with Crippen LogP contribution in [0.5, 0.6) is 5.75 Å². The van der Waals surface area contributed by atoms with Gasteiger partial charge in [-0.1, -0.05) is 25.8 Å². The Morgan fingerprint density at radius 2 is 1.92 bits per heavy atom. The van der Waals surface area contributed by atoms with Gasteiger partial charge in [0.2, 0.25) is 0 Å². The smallest absolute Gasteiger partial charge is 0.338 e. The maximum atomic E-state index is 12.0. The number of thiophene rings is 1. The summed E-state index contributed by atoms with van der Waals surface area (Å²) in [6, 6.07) is 10.5. The quantitative estimate of drug-likeness (QED) is 0.495. The van der Waals surface area contributed by atoms with Crippen molar-refractivity contribution in [2.45, 2.75) is 39.2 Å². The van der Waals surface area contributed by atoms with E-state index in [1.54, 1.807) is 35.6 Å². The van der Waals surface area contributed by atoms with Gasteiger partial charge in [-0.05, 0) is 49.1 Å². The third-order valence-electron chi connectivity index (χ3n) is 3.79. The van der Waals surface area contributed by atoms with Gasteiger partial charge in [-0.25, -0.2) is 4.79 Å². The highest BCUT2D eigenvalue weighted by Crippen LogP contribution is 2.18. The topological polar surface area (TPSA) is 64.6 Å². The van der Waals surface area contributed by atoms with Gasteiger partial charge < -0.3 is 14.8 Å². The molecule has 140 valence electrons. The molecule has 0 aliphatic carbocycles. The zero-order chi connectivity index (χ0) is 18.8. The van der Waals surface area contributed by atoms with Gasteiger partial charge in [-0.3, -0.25) is 4.79 Å². The van der Waals surface area contributed by atoms with E-state index in [0.29, 0.717) is 12.2 Å². The van der Waals surface area contributed by atoms with Gasteiger partial charge in [0.05, 0.1) is 18.2 Å². The number of unbranched alkanes of at least 4 members (excludes halogenated alkanes) is 2. The van der Waals surface area contributed by atoms with Gasteiger partial charge >= 0.3 is 5.97 Å². The fourth-order valence-corrected chi connectivity index (χ4v) is 3.07. The first-order valence-electron chi connectivity index (χ1n) is 8.83. The second-order valence-electron chi connectivity index (χ2n) is 5.96. The molecule has 1 atom stereocenters. The number of amides is 1. The Morgan fingerprint density at radius 3 is 2.58 bits per heavy atom. The van der Waals surface area contributed by atoms with Crippen LogP contribution >= 0.6 is 11.3 Å². The average Bonchev–Trinajstić information content (AvgIpc) is 3.19. The molecular weight excluding hydrogens is 350 g/mol. The summed E-state index contributed by atoms with van der Waals surface area (Å²) in [7, 11) is 0. The van der Waals surface area contributed by atoms with Gasteiger partial charge in [0.1, 0.15) is 5.75 Å². The molecule has 5 nitrogen and oxygen atoms in total. The van der Waals surface area contributed by atoms with E-state index >= 15 is 0 Å². The van der Waals surface area contributed by atoms with Crippen molar-refractivity contribution in [3.63, 3.8) is 0 Å². The lowest BCUT2D eigenvalue weighted by molar-refractivity contribution is -0.124. The third-order valence-corrected chi connectivity index (χ3v) is 4.84. The molecule has 0 aliphatic heterocycles. The molecule has 0 aliphatic rings. The molecule has 26 heavy (non-hydrogen) atoms. The summed E-state index contributed by atoms with van der Waals surface area (Å²) in [5, 5.41) is 4.76. The van der Waals surface area contributed by atoms with Gasteiger partial charge in [-0.2, -0.15) is 0 Å². The summed E-state index contributed by atoms with van der Waals surface area (Å²) < 4.78 is 10.7. The summed E-state index contributed by atoms with van der Waals surface area (Å²) in [5.41, 5.74) is 0.394. The Hall–Kier alpha value is -2.34. The largest absolute Gasteiger partial charge is 0.494 e. The van der Waals surface area contributed by atoms with Crippen molar-refractivity contribution in [1.29, 1.82) is 0 Å². The number of nitrogens with one attached hydrogen (secondary N) is 1. The number of carbonyl (C=O) groups is 2. The predicted octanol–water partition coefficient (Wildman–Crippen LogP) is 4.35. The van der Waals surface area contributed by atoms with E-state index in [1.807, 2.05) is 24.4 Å². The molecule has 0 unspecified atom stereocenters. The third kappa shape index (κ3) is 6.52. The number of hydrogen-bond donors (Lipinski definition) is 1. The molecule has 6 heteroatoms. The van der Waals surface area contributed by atoms with Crippen molar-refractivity contribution in [2.75, 3.05) is 13.2 Å². The molecule has 0 spiro atoms. The molecule has 0 radical (unpaired) electrons. The molecule has 2 aromatic rings. The zero-order valence-corrected chi connectivity index (χ0v) is 16.0. The Labute approximate surface area is 158 Å². The van der Waals surface area contributed by atoms with Crippen molar-refractivity contribution in [2.24, 2.45) is 0 Å². The lowest BCUT2D eigenvalue weighted by Crippen LogP contribution is -2.30. The summed E-state index contributed by atoms with van der Waals surface area (Å²) in [6.45, 7) is 4.40. The highest BCUT2D eigenvalue weighted by Gasteiger charge is 2.13. The molecule has 0 fully saturated rings. The monoisotopic (exact) mass is 375 g/mol. The second-order valence-corrected chi connectivity index (χ2v) is 6.94. The number of esters is 1. The molecule has 0 saturated heterocycles. The summed E-state index contributed by atoms with van der Waals surface area (Å²) in [6.07, 6.45) is 3.30. The molecule has 1 N–H and O–H groups in total. The van der Waals surface area contributed by atoms with E-state index in [4.69, 9.17) is 9.47 Å². The summed E-state index contributed by atoms with van der Waals surface area (Å²) >= 11 is 1.57. The number of benzene rings is 1. The number of ether oxygens (including phenoxy) is 2. The predicted molar refractivity (Wildman–Crippen MR) is 103 cm³/mol. The molecule has 1 heterocycles. The summed E-state index contributed by atoms with van der Waals surface area (Å²) in [4.78, 5) is 25.0. The van der Waals surface area contributed by atoms with Crippen molar-refractivity contribution in [3.8, 4) is 5.75 Å². The lowest BCUT2D eigenvalue weighted by atomic mass is 10.2. The number of hydrogen-bond acceptors (Lipinski definition) is 5. The first-order valence-corrected chi connectivity index (χ1v) is 9.71. The highest BCUT2D eigenvalue weighted by atomic mass is 32.1. The van der Waals surface area contributed by atoms with Crippen molar-refractivity contribution in [1.82, 2.24) is 5.32 Å². The van der Waals surface area contributed by atoms with E-state index in [1.165, 1.54) is 0 Å². The van der Waals surface area contributed by atoms with Crippen LogP contribution in [0.3, 0.4) is 0 Å². The van der Waals surface area contributed by atoms with Crippen LogP contribution in [0.25, 0.3) is 0 Å². The van der Waals surface area contributed by atoms with Gasteiger partial charge in [0, 0.05) is 4.88 Å². The minimum atomic E-state index is -0.526. The Balaban J connectivity index is 1.74. The van der Waals surface area contributed by atoms with Crippen LogP contribution in [0.4, 0.5) is 0 Å². The maximum Gasteiger partial charge on any atom is 0.338 e. The normalized spacial score (nSPS) is 11.6. The Morgan fingerprint density at radius 1 is 1.15 bits per heavy atom. The molecule has 2 rings (SSSR count).